The number of rotatable bonds is 12. The van der Waals surface area contributed by atoms with Crippen molar-refractivity contribution in [3.05, 3.63) is 89.3 Å². The van der Waals surface area contributed by atoms with Crippen molar-refractivity contribution in [3.8, 4) is 22.4 Å². The summed E-state index contributed by atoms with van der Waals surface area (Å²) < 4.78 is 44.4. The molecule has 1 aromatic heterocycles. The zero-order chi connectivity index (χ0) is 41.1. The van der Waals surface area contributed by atoms with Crippen LogP contribution in [0.1, 0.15) is 119 Å². The van der Waals surface area contributed by atoms with Gasteiger partial charge in [-0.05, 0) is 25.7 Å². The molecule has 56 heavy (non-hydrogen) atoms. The number of carbonyl (C=O) groups excluding carboxylic acids is 1. The minimum absolute atomic E-state index is 0. The van der Waals surface area contributed by atoms with E-state index in [1.54, 1.807) is 0 Å². The molecule has 0 saturated heterocycles. The Hall–Kier alpha value is -2.74. The first-order valence-corrected chi connectivity index (χ1v) is 25.4. The molecule has 307 valence electrons. The van der Waals surface area contributed by atoms with Gasteiger partial charge in [0.15, 0.2) is 5.78 Å². The van der Waals surface area contributed by atoms with E-state index in [1.165, 1.54) is 50.8 Å². The summed E-state index contributed by atoms with van der Waals surface area (Å²) in [6.07, 6.45) is 2.53. The number of nitrogens with zero attached hydrogens (tertiary/aromatic N) is 1. The van der Waals surface area contributed by atoms with Crippen LogP contribution in [0.15, 0.2) is 66.6 Å². The number of aliphatic hydroxyl groups excluding tert-OH is 1. The first-order chi connectivity index (χ1) is 25.8. The van der Waals surface area contributed by atoms with E-state index in [4.69, 9.17) is 4.98 Å². The summed E-state index contributed by atoms with van der Waals surface area (Å²) in [5, 5.41) is 14.1. The van der Waals surface area contributed by atoms with Gasteiger partial charge in [-0.15, -0.1) is 0 Å². The van der Waals surface area contributed by atoms with Gasteiger partial charge in [0.1, 0.15) is 0 Å². The number of carbonyl (C=O) groups is 1. The second-order valence-electron chi connectivity index (χ2n) is 17.1. The summed E-state index contributed by atoms with van der Waals surface area (Å²) in [5.74, 6) is 0.547. The largest absolute Gasteiger partial charge is 0 e. The van der Waals surface area contributed by atoms with E-state index in [0.29, 0.717) is 0 Å². The zero-order valence-corrected chi connectivity index (χ0v) is 40.1. The first-order valence-electron chi connectivity index (χ1n) is 20.4. The topological polar surface area (TPSA) is 50.2 Å². The van der Waals surface area contributed by atoms with Gasteiger partial charge < -0.3 is 5.11 Å². The van der Waals surface area contributed by atoms with Crippen molar-refractivity contribution >= 4 is 38.6 Å². The molecule has 2 heterocycles. The van der Waals surface area contributed by atoms with Crippen molar-refractivity contribution in [1.82, 2.24) is 4.98 Å². The standard InChI is InChI=1S/C35H39F3GeN.C13H24O2.Ir/c1-9-39(10-2)30-22(3)24(21-34(7,8)35(36,37)38)15-16-27(30)28-17-18-40-32(31(28)39)25-19-23-13-11-12-14-26(23)29(20-25)33(4,5)6;1-5-10(6-2)12(14)9-13(15)11(7-3)8-4;/h11-18,20H,9-10,21H2,1-8H3;9-11,14H,5-8H2,1-4H3;/q-1;;/b;12-9-;. The summed E-state index contributed by atoms with van der Waals surface area (Å²) in [6.45, 7) is 24.0. The van der Waals surface area contributed by atoms with Crippen molar-refractivity contribution in [1.29, 1.82) is 0 Å². The molecule has 3 aromatic carbocycles. The van der Waals surface area contributed by atoms with Gasteiger partial charge in [0.2, 0.25) is 0 Å². The Morgan fingerprint density at radius 2 is 1.41 bits per heavy atom. The van der Waals surface area contributed by atoms with Crippen LogP contribution in [0.5, 0.6) is 0 Å². The molecule has 0 bridgehead atoms. The number of fused-ring (bicyclic) bond motifs is 4. The van der Waals surface area contributed by atoms with Crippen molar-refractivity contribution in [2.45, 2.75) is 137 Å². The maximum atomic E-state index is 13.9. The van der Waals surface area contributed by atoms with Gasteiger partial charge in [0.25, 0.3) is 0 Å². The summed E-state index contributed by atoms with van der Waals surface area (Å²) in [7, 11) is 0. The van der Waals surface area contributed by atoms with Gasteiger partial charge in [0, 0.05) is 38.0 Å². The molecule has 0 saturated carbocycles. The fraction of sp³-hybridized carbons (Fsp3) is 0.500. The Bertz CT molecular complexity index is 2020. The summed E-state index contributed by atoms with van der Waals surface area (Å²) >= 11 is -3.04. The van der Waals surface area contributed by atoms with Crippen molar-refractivity contribution < 1.29 is 43.2 Å². The predicted molar refractivity (Wildman–Crippen MR) is 228 cm³/mol. The monoisotopic (exact) mass is 1010 g/mol. The van der Waals surface area contributed by atoms with E-state index >= 15 is 0 Å². The molecule has 3 nitrogen and oxygen atoms in total. The molecule has 0 fully saturated rings. The minimum Gasteiger partial charge on any atom is 0 e. The second kappa shape index (κ2) is 18.9. The number of allylic oxidation sites excluding steroid dienone is 2. The van der Waals surface area contributed by atoms with Crippen LogP contribution in [0.4, 0.5) is 13.2 Å². The predicted octanol–water partition coefficient (Wildman–Crippen LogP) is 12.9. The number of alkyl halides is 3. The first kappa shape index (κ1) is 47.6. The molecule has 0 amide bonds. The number of hydrogen-bond acceptors (Lipinski definition) is 3. The molecule has 5 rings (SSSR count). The van der Waals surface area contributed by atoms with Crippen LogP contribution < -0.4 is 8.79 Å². The van der Waals surface area contributed by atoms with E-state index in [9.17, 15) is 23.1 Å². The molecule has 4 aromatic rings. The molecule has 1 radical (unpaired) electrons. The molecule has 0 spiro atoms. The average Bonchev–Trinajstić information content (AvgIpc) is 3.43. The molecular weight excluding hydrogens is 944 g/mol. The molecule has 1 N–H and O–H groups in total. The van der Waals surface area contributed by atoms with Crippen LogP contribution in [0.2, 0.25) is 10.5 Å². The zero-order valence-electron chi connectivity index (χ0n) is 35.6. The third kappa shape index (κ3) is 9.42. The van der Waals surface area contributed by atoms with Crippen molar-refractivity contribution in [2.24, 2.45) is 17.3 Å². The van der Waals surface area contributed by atoms with E-state index < -0.39 is 24.9 Å². The summed E-state index contributed by atoms with van der Waals surface area (Å²) in [6, 6.07) is 20.6. The number of benzene rings is 3. The molecule has 8 heteroatoms. The Kier molecular flexibility index (Phi) is 16.1. The smallest absolute Gasteiger partial charge is 0 e. The third-order valence-electron chi connectivity index (χ3n) is 12.3. The number of hydrogen-bond donors (Lipinski definition) is 1. The quantitative estimate of drug-likeness (QED) is 0.0666. The number of aliphatic hydroxyl groups is 1. The van der Waals surface area contributed by atoms with Gasteiger partial charge in [0.05, 0.1) is 5.76 Å². The van der Waals surface area contributed by atoms with Crippen molar-refractivity contribution in [3.63, 3.8) is 0 Å². The van der Waals surface area contributed by atoms with E-state index in [0.717, 1.165) is 64.0 Å². The molecule has 0 unspecified atom stereocenters. The fourth-order valence-corrected chi connectivity index (χ4v) is 19.4. The SMILES string of the molecule is CCC(CC)C(=O)/C=C(\O)C(CC)CC.C[CH2][Ge]1([CH2]C)[c]2c(ccnc2-c2[c-]c3ccccc3c(C(C)(C)C)c2)-c2ccc(CC(C)(C)C(F)(F)F)c(C)[c]21.[Ir]. The normalized spacial score (nSPS) is 14.0. The Morgan fingerprint density at radius 1 is 0.839 bits per heavy atom. The van der Waals surface area contributed by atoms with E-state index in [2.05, 4.69) is 90.1 Å². The number of pyridine rings is 1. The maximum Gasteiger partial charge on any atom is 0 e. The van der Waals surface area contributed by atoms with Crippen LogP contribution in [0.25, 0.3) is 33.2 Å². The van der Waals surface area contributed by atoms with Crippen LogP contribution >= 0.6 is 0 Å². The number of ketones is 1. The number of aromatic nitrogens is 1. The number of halogens is 3. The van der Waals surface area contributed by atoms with Crippen LogP contribution in [-0.4, -0.2) is 35.3 Å². The van der Waals surface area contributed by atoms with Gasteiger partial charge in [-0.3, -0.25) is 4.79 Å². The molecule has 1 aliphatic heterocycles. The van der Waals surface area contributed by atoms with Gasteiger partial charge in [-0.25, -0.2) is 0 Å². The minimum atomic E-state index is -4.26. The second-order valence-corrected chi connectivity index (χ2v) is 26.7. The Labute approximate surface area is 351 Å². The molecule has 0 aliphatic carbocycles. The van der Waals surface area contributed by atoms with Crippen LogP contribution in [0.3, 0.4) is 0 Å². The van der Waals surface area contributed by atoms with E-state index in [-0.39, 0.29) is 55.3 Å². The van der Waals surface area contributed by atoms with Crippen molar-refractivity contribution in [2.75, 3.05) is 0 Å². The van der Waals surface area contributed by atoms with Gasteiger partial charge in [-0.1, -0.05) is 27.7 Å². The summed E-state index contributed by atoms with van der Waals surface area (Å²) in [4.78, 5) is 16.8. The van der Waals surface area contributed by atoms with Gasteiger partial charge >= 0.3 is 240 Å². The Balaban J connectivity index is 0.000000448. The van der Waals surface area contributed by atoms with Gasteiger partial charge in [-0.2, -0.15) is 0 Å². The molecular formula is C48H63F3GeIrNO2-. The van der Waals surface area contributed by atoms with Crippen LogP contribution in [-0.2, 0) is 36.7 Å². The van der Waals surface area contributed by atoms with Crippen LogP contribution in [0, 0.1) is 30.2 Å². The Morgan fingerprint density at radius 3 is 1.95 bits per heavy atom. The summed E-state index contributed by atoms with van der Waals surface area (Å²) in [5.41, 5.74) is 5.72. The third-order valence-corrected chi connectivity index (χ3v) is 23.8. The molecule has 1 aliphatic rings. The average molecular weight is 1010 g/mol. The molecule has 0 atom stereocenters. The van der Waals surface area contributed by atoms with E-state index in [1.807, 2.05) is 40.0 Å². The maximum absolute atomic E-state index is 13.9. The fourth-order valence-electron chi connectivity index (χ4n) is 8.58.